The predicted molar refractivity (Wildman–Crippen MR) is 62.4 cm³/mol. The van der Waals surface area contributed by atoms with Crippen LogP contribution in [0.25, 0.3) is 0 Å². The van der Waals surface area contributed by atoms with Gasteiger partial charge in [-0.15, -0.1) is 11.8 Å². The Bertz CT molecular complexity index is 330. The zero-order chi connectivity index (χ0) is 9.97. The minimum atomic E-state index is -0.0174. The van der Waals surface area contributed by atoms with Crippen LogP contribution in [0.5, 0.6) is 0 Å². The van der Waals surface area contributed by atoms with Crippen LogP contribution in [-0.2, 0) is 10.5 Å². The Morgan fingerprint density at radius 1 is 1.36 bits per heavy atom. The molecule has 0 aromatic heterocycles. The van der Waals surface area contributed by atoms with Gasteiger partial charge in [0.1, 0.15) is 4.83 Å². The first-order valence-electron chi connectivity index (χ1n) is 4.37. The Kier molecular flexibility index (Phi) is 3.13. The van der Waals surface area contributed by atoms with Crippen molar-refractivity contribution in [2.24, 2.45) is 0 Å². The van der Waals surface area contributed by atoms with Gasteiger partial charge in [0.2, 0.25) is 5.91 Å². The third-order valence-electron chi connectivity index (χ3n) is 2.07. The van der Waals surface area contributed by atoms with Gasteiger partial charge in [-0.05, 0) is 5.56 Å². The van der Waals surface area contributed by atoms with Crippen molar-refractivity contribution in [2.75, 3.05) is 0 Å². The van der Waals surface area contributed by atoms with Crippen LogP contribution >= 0.6 is 27.7 Å². The lowest BCUT2D eigenvalue weighted by Crippen LogP contribution is -2.57. The molecule has 0 saturated carbocycles. The number of halogens is 1. The van der Waals surface area contributed by atoms with Gasteiger partial charge in [-0.3, -0.25) is 4.79 Å². The highest BCUT2D eigenvalue weighted by Gasteiger charge is 2.36. The van der Waals surface area contributed by atoms with Gasteiger partial charge in [0, 0.05) is 5.75 Å². The second-order valence-electron chi connectivity index (χ2n) is 3.13. The summed E-state index contributed by atoms with van der Waals surface area (Å²) in [4.78, 5) is 10.9. The van der Waals surface area contributed by atoms with E-state index in [-0.39, 0.29) is 16.1 Å². The molecular formula is C10H10BrNOS. The highest BCUT2D eigenvalue weighted by atomic mass is 79.9. The van der Waals surface area contributed by atoms with E-state index in [1.54, 1.807) is 11.8 Å². The normalized spacial score (nSPS) is 25.4. The molecule has 2 atom stereocenters. The maximum atomic E-state index is 10.9. The van der Waals surface area contributed by atoms with Gasteiger partial charge in [0.15, 0.2) is 0 Å². The number of amides is 1. The second kappa shape index (κ2) is 4.36. The molecule has 1 saturated heterocycles. The van der Waals surface area contributed by atoms with Gasteiger partial charge in [-0.1, -0.05) is 46.3 Å². The van der Waals surface area contributed by atoms with Crippen LogP contribution in [0.1, 0.15) is 5.56 Å². The van der Waals surface area contributed by atoms with Gasteiger partial charge in [0.05, 0.1) is 5.37 Å². The molecule has 0 unspecified atom stereocenters. The van der Waals surface area contributed by atoms with E-state index >= 15 is 0 Å². The SMILES string of the molecule is O=C1N[C@H](SCc2ccccc2)[C@H]1Br. The zero-order valence-corrected chi connectivity index (χ0v) is 9.85. The van der Waals surface area contributed by atoms with Gasteiger partial charge >= 0.3 is 0 Å². The lowest BCUT2D eigenvalue weighted by molar-refractivity contribution is -0.125. The minimum Gasteiger partial charge on any atom is -0.342 e. The molecule has 0 aliphatic carbocycles. The number of hydrogen-bond donors (Lipinski definition) is 1. The molecule has 1 aromatic carbocycles. The molecule has 0 bridgehead atoms. The largest absolute Gasteiger partial charge is 0.342 e. The van der Waals surface area contributed by atoms with E-state index in [1.165, 1.54) is 5.56 Å². The van der Waals surface area contributed by atoms with E-state index in [0.717, 1.165) is 5.75 Å². The molecule has 74 valence electrons. The quantitative estimate of drug-likeness (QED) is 0.674. The molecule has 2 rings (SSSR count). The van der Waals surface area contributed by atoms with E-state index in [0.29, 0.717) is 0 Å². The van der Waals surface area contributed by atoms with Crippen LogP contribution in [0.2, 0.25) is 0 Å². The molecule has 0 radical (unpaired) electrons. The fourth-order valence-electron chi connectivity index (χ4n) is 1.22. The first-order valence-corrected chi connectivity index (χ1v) is 6.34. The maximum Gasteiger partial charge on any atom is 0.237 e. The van der Waals surface area contributed by atoms with Crippen LogP contribution in [0, 0.1) is 0 Å². The van der Waals surface area contributed by atoms with Gasteiger partial charge in [-0.25, -0.2) is 0 Å². The molecule has 2 nitrogen and oxygen atoms in total. The third kappa shape index (κ3) is 2.12. The number of thioether (sulfide) groups is 1. The minimum absolute atomic E-state index is 0.0174. The standard InChI is InChI=1S/C10H10BrNOS/c11-8-9(13)12-10(8)14-6-7-4-2-1-3-5-7/h1-5,8,10H,6H2,(H,12,13)/t8-,10+/m0/s1. The topological polar surface area (TPSA) is 29.1 Å². The first kappa shape index (κ1) is 10.1. The molecule has 1 fully saturated rings. The maximum absolute atomic E-state index is 10.9. The van der Waals surface area contributed by atoms with E-state index in [2.05, 4.69) is 33.4 Å². The van der Waals surface area contributed by atoms with E-state index in [1.807, 2.05) is 18.2 Å². The summed E-state index contributed by atoms with van der Waals surface area (Å²) in [6.07, 6.45) is 0. The summed E-state index contributed by atoms with van der Waals surface area (Å²) in [6.45, 7) is 0. The summed E-state index contributed by atoms with van der Waals surface area (Å²) in [6, 6.07) is 10.3. The average molecular weight is 272 g/mol. The summed E-state index contributed by atoms with van der Waals surface area (Å²) in [5.41, 5.74) is 1.29. The summed E-state index contributed by atoms with van der Waals surface area (Å²) in [5.74, 6) is 1.03. The number of carbonyl (C=O) groups is 1. The Morgan fingerprint density at radius 2 is 2.07 bits per heavy atom. The van der Waals surface area contributed by atoms with Crippen molar-refractivity contribution in [2.45, 2.75) is 16.0 Å². The smallest absolute Gasteiger partial charge is 0.237 e. The molecule has 0 spiro atoms. The number of rotatable bonds is 3. The number of alkyl halides is 1. The molecule has 1 heterocycles. The average Bonchev–Trinajstić information content (AvgIpc) is 2.25. The van der Waals surface area contributed by atoms with Crippen molar-refractivity contribution in [3.63, 3.8) is 0 Å². The van der Waals surface area contributed by atoms with Crippen LogP contribution in [-0.4, -0.2) is 16.1 Å². The summed E-state index contributed by atoms with van der Waals surface area (Å²) >= 11 is 5.08. The molecule has 1 aliphatic heterocycles. The fourth-order valence-corrected chi connectivity index (χ4v) is 3.00. The van der Waals surface area contributed by atoms with Crippen LogP contribution < -0.4 is 5.32 Å². The Labute approximate surface area is 95.6 Å². The molecule has 1 N–H and O–H groups in total. The molecule has 1 aromatic rings. The van der Waals surface area contributed by atoms with E-state index < -0.39 is 0 Å². The molecule has 14 heavy (non-hydrogen) atoms. The monoisotopic (exact) mass is 271 g/mol. The van der Waals surface area contributed by atoms with E-state index in [4.69, 9.17) is 0 Å². The summed E-state index contributed by atoms with van der Waals surface area (Å²) < 4.78 is 0. The number of β-lactam (4-membered cyclic amide) rings is 1. The van der Waals surface area contributed by atoms with Crippen LogP contribution in [0.3, 0.4) is 0 Å². The lowest BCUT2D eigenvalue weighted by atomic mass is 10.2. The number of carbonyl (C=O) groups excluding carboxylic acids is 1. The predicted octanol–water partition coefficient (Wildman–Crippen LogP) is 2.14. The molecule has 1 aliphatic rings. The fraction of sp³-hybridized carbons (Fsp3) is 0.300. The third-order valence-corrected chi connectivity index (χ3v) is 4.62. The Morgan fingerprint density at radius 3 is 2.64 bits per heavy atom. The first-order chi connectivity index (χ1) is 6.77. The number of benzene rings is 1. The van der Waals surface area contributed by atoms with Crippen molar-refractivity contribution in [3.8, 4) is 0 Å². The van der Waals surface area contributed by atoms with Crippen molar-refractivity contribution < 1.29 is 4.79 Å². The van der Waals surface area contributed by atoms with Crippen LogP contribution in [0.4, 0.5) is 0 Å². The van der Waals surface area contributed by atoms with Crippen LogP contribution in [0.15, 0.2) is 30.3 Å². The summed E-state index contributed by atoms with van der Waals surface area (Å²) in [5, 5.41) is 3.06. The Hall–Kier alpha value is -0.480. The van der Waals surface area contributed by atoms with Crippen molar-refractivity contribution in [3.05, 3.63) is 35.9 Å². The molecule has 1 amide bonds. The highest BCUT2D eigenvalue weighted by molar-refractivity contribution is 9.10. The Balaban J connectivity index is 1.81. The van der Waals surface area contributed by atoms with E-state index in [9.17, 15) is 4.79 Å². The molecule has 4 heteroatoms. The van der Waals surface area contributed by atoms with Crippen molar-refractivity contribution >= 4 is 33.6 Å². The van der Waals surface area contributed by atoms with Gasteiger partial charge in [0.25, 0.3) is 0 Å². The highest BCUT2D eigenvalue weighted by Crippen LogP contribution is 2.28. The van der Waals surface area contributed by atoms with Crippen molar-refractivity contribution in [1.82, 2.24) is 5.32 Å². The van der Waals surface area contributed by atoms with Crippen molar-refractivity contribution in [1.29, 1.82) is 0 Å². The van der Waals surface area contributed by atoms with Gasteiger partial charge < -0.3 is 5.32 Å². The number of hydrogen-bond acceptors (Lipinski definition) is 2. The second-order valence-corrected chi connectivity index (χ2v) is 5.24. The summed E-state index contributed by atoms with van der Waals surface area (Å²) in [7, 11) is 0. The van der Waals surface area contributed by atoms with Gasteiger partial charge in [-0.2, -0.15) is 0 Å². The lowest BCUT2D eigenvalue weighted by Gasteiger charge is -2.32. The molecular weight excluding hydrogens is 262 g/mol. The number of nitrogens with one attached hydrogen (secondary N) is 1. The zero-order valence-electron chi connectivity index (χ0n) is 7.44.